The third kappa shape index (κ3) is 3.57. The molecule has 136 valence electrons. The maximum atomic E-state index is 12.7. The Balaban J connectivity index is 1.73. The first-order valence-electron chi connectivity index (χ1n) is 8.72. The van der Waals surface area contributed by atoms with Crippen molar-refractivity contribution in [1.82, 2.24) is 0 Å². The van der Waals surface area contributed by atoms with E-state index in [1.807, 2.05) is 57.2 Å². The number of anilines is 2. The van der Waals surface area contributed by atoms with Crippen LogP contribution in [0.3, 0.4) is 0 Å². The number of methoxy groups -OCH3 is 1. The lowest BCUT2D eigenvalue weighted by atomic mass is 10.0. The van der Waals surface area contributed by atoms with Gasteiger partial charge in [-0.2, -0.15) is 0 Å². The van der Waals surface area contributed by atoms with Gasteiger partial charge < -0.3 is 15.0 Å². The highest BCUT2D eigenvalue weighted by Crippen LogP contribution is 2.29. The van der Waals surface area contributed by atoms with Crippen LogP contribution in [0.4, 0.5) is 11.4 Å². The second-order valence-electron chi connectivity index (χ2n) is 6.87. The zero-order valence-corrected chi connectivity index (χ0v) is 15.6. The van der Waals surface area contributed by atoms with Crippen molar-refractivity contribution in [2.45, 2.75) is 27.2 Å². The lowest BCUT2D eigenvalue weighted by molar-refractivity contribution is -0.122. The molecule has 1 aliphatic rings. The lowest BCUT2D eigenvalue weighted by Crippen LogP contribution is -2.28. The van der Waals surface area contributed by atoms with Crippen LogP contribution in [0.5, 0.6) is 5.75 Å². The van der Waals surface area contributed by atoms with Crippen LogP contribution in [0.15, 0.2) is 36.4 Å². The van der Waals surface area contributed by atoms with Crippen molar-refractivity contribution in [3.63, 3.8) is 0 Å². The fraction of sp³-hybridized carbons (Fsp3) is 0.333. The van der Waals surface area contributed by atoms with Crippen LogP contribution >= 0.6 is 0 Å². The summed E-state index contributed by atoms with van der Waals surface area (Å²) in [4.78, 5) is 26.8. The highest BCUT2D eigenvalue weighted by molar-refractivity contribution is 6.04. The summed E-state index contributed by atoms with van der Waals surface area (Å²) in [5, 5.41) is 3.02. The molecule has 1 fully saturated rings. The molecule has 2 amide bonds. The van der Waals surface area contributed by atoms with Crippen LogP contribution in [0.2, 0.25) is 0 Å². The first-order chi connectivity index (χ1) is 12.4. The SMILES string of the molecule is COc1ccc(N2CC(C(=O)Nc3c(C)cc(C)cc3C)CC2=O)cc1. The van der Waals surface area contributed by atoms with Gasteiger partial charge in [-0.05, 0) is 56.2 Å². The standard InChI is InChI=1S/C21H24N2O3/c1-13-9-14(2)20(15(3)10-13)22-21(25)16-11-19(24)23(12-16)17-5-7-18(26-4)8-6-17/h5-10,16H,11-12H2,1-4H3,(H,22,25). The minimum absolute atomic E-state index is 0.0346. The molecule has 0 bridgehead atoms. The summed E-state index contributed by atoms with van der Waals surface area (Å²) in [6.07, 6.45) is 0.224. The van der Waals surface area contributed by atoms with E-state index in [-0.39, 0.29) is 24.2 Å². The van der Waals surface area contributed by atoms with E-state index >= 15 is 0 Å². The van der Waals surface area contributed by atoms with Crippen molar-refractivity contribution < 1.29 is 14.3 Å². The van der Waals surface area contributed by atoms with Crippen molar-refractivity contribution >= 4 is 23.2 Å². The quantitative estimate of drug-likeness (QED) is 0.914. The van der Waals surface area contributed by atoms with Gasteiger partial charge in [0.2, 0.25) is 11.8 Å². The third-order valence-electron chi connectivity index (χ3n) is 4.81. The molecule has 1 atom stereocenters. The number of hydrogen-bond donors (Lipinski definition) is 1. The molecule has 0 aromatic heterocycles. The van der Waals surface area contributed by atoms with Crippen LogP contribution < -0.4 is 15.0 Å². The van der Waals surface area contributed by atoms with Gasteiger partial charge in [0, 0.05) is 24.3 Å². The molecule has 1 aliphatic heterocycles. The van der Waals surface area contributed by atoms with E-state index in [0.29, 0.717) is 6.54 Å². The summed E-state index contributed by atoms with van der Waals surface area (Å²) in [5.41, 5.74) is 4.86. The Morgan fingerprint density at radius 2 is 1.73 bits per heavy atom. The van der Waals surface area contributed by atoms with Gasteiger partial charge >= 0.3 is 0 Å². The maximum Gasteiger partial charge on any atom is 0.229 e. The topological polar surface area (TPSA) is 58.6 Å². The van der Waals surface area contributed by atoms with Gasteiger partial charge in [0.05, 0.1) is 13.0 Å². The summed E-state index contributed by atoms with van der Waals surface area (Å²) in [6, 6.07) is 11.4. The van der Waals surface area contributed by atoms with Crippen LogP contribution in [-0.4, -0.2) is 25.5 Å². The van der Waals surface area contributed by atoms with E-state index < -0.39 is 0 Å². The third-order valence-corrected chi connectivity index (χ3v) is 4.81. The Labute approximate surface area is 154 Å². The smallest absolute Gasteiger partial charge is 0.229 e. The van der Waals surface area contributed by atoms with E-state index in [0.717, 1.165) is 28.3 Å². The number of nitrogens with zero attached hydrogens (tertiary/aromatic N) is 1. The van der Waals surface area contributed by atoms with Gasteiger partial charge in [-0.1, -0.05) is 17.7 Å². The summed E-state index contributed by atoms with van der Waals surface area (Å²) in [6.45, 7) is 6.40. The van der Waals surface area contributed by atoms with Gasteiger partial charge in [0.25, 0.3) is 0 Å². The lowest BCUT2D eigenvalue weighted by Gasteiger charge is -2.18. The highest BCUT2D eigenvalue weighted by Gasteiger charge is 2.35. The largest absolute Gasteiger partial charge is 0.497 e. The average molecular weight is 352 g/mol. The zero-order valence-electron chi connectivity index (χ0n) is 15.6. The molecule has 1 unspecified atom stereocenters. The molecule has 5 heteroatoms. The molecular formula is C21H24N2O3. The molecule has 2 aromatic carbocycles. The predicted octanol–water partition coefficient (Wildman–Crippen LogP) is 3.61. The van der Waals surface area contributed by atoms with Crippen molar-refractivity contribution in [3.8, 4) is 5.75 Å². The van der Waals surface area contributed by atoms with Crippen molar-refractivity contribution in [1.29, 1.82) is 0 Å². The average Bonchev–Trinajstić information content (AvgIpc) is 3.00. The minimum atomic E-state index is -0.357. The monoisotopic (exact) mass is 352 g/mol. The van der Waals surface area contributed by atoms with Crippen LogP contribution in [-0.2, 0) is 9.59 Å². The molecule has 0 spiro atoms. The Hall–Kier alpha value is -2.82. The van der Waals surface area contributed by atoms with Crippen molar-refractivity contribution in [2.75, 3.05) is 23.9 Å². The van der Waals surface area contributed by atoms with Crippen LogP contribution in [0.25, 0.3) is 0 Å². The second-order valence-corrected chi connectivity index (χ2v) is 6.87. The van der Waals surface area contributed by atoms with Gasteiger partial charge in [-0.25, -0.2) is 0 Å². The molecular weight excluding hydrogens is 328 g/mol. The van der Waals surface area contributed by atoms with Crippen LogP contribution in [0, 0.1) is 26.7 Å². The normalized spacial score (nSPS) is 16.7. The minimum Gasteiger partial charge on any atom is -0.497 e. The van der Waals surface area contributed by atoms with Gasteiger partial charge in [-0.15, -0.1) is 0 Å². The maximum absolute atomic E-state index is 12.7. The number of carbonyl (C=O) groups excluding carboxylic acids is 2. The molecule has 2 aromatic rings. The number of hydrogen-bond acceptors (Lipinski definition) is 3. The molecule has 1 saturated heterocycles. The number of aryl methyl sites for hydroxylation is 3. The number of ether oxygens (including phenoxy) is 1. The number of benzene rings is 2. The highest BCUT2D eigenvalue weighted by atomic mass is 16.5. The van der Waals surface area contributed by atoms with Gasteiger partial charge in [0.15, 0.2) is 0 Å². The summed E-state index contributed by atoms with van der Waals surface area (Å²) >= 11 is 0. The molecule has 0 saturated carbocycles. The molecule has 26 heavy (non-hydrogen) atoms. The molecule has 3 rings (SSSR count). The summed E-state index contributed by atoms with van der Waals surface area (Å²) in [7, 11) is 1.60. The number of amides is 2. The van der Waals surface area contributed by atoms with E-state index in [1.54, 1.807) is 12.0 Å². The fourth-order valence-corrected chi connectivity index (χ4v) is 3.50. The predicted molar refractivity (Wildman–Crippen MR) is 103 cm³/mol. The first kappa shape index (κ1) is 18.0. The Bertz CT molecular complexity index is 820. The summed E-state index contributed by atoms with van der Waals surface area (Å²) in [5.74, 6) is 0.238. The van der Waals surface area contributed by atoms with Gasteiger partial charge in [-0.3, -0.25) is 9.59 Å². The summed E-state index contributed by atoms with van der Waals surface area (Å²) < 4.78 is 5.15. The van der Waals surface area contributed by atoms with Crippen LogP contribution in [0.1, 0.15) is 23.1 Å². The van der Waals surface area contributed by atoms with E-state index in [9.17, 15) is 9.59 Å². The van der Waals surface area contributed by atoms with E-state index in [2.05, 4.69) is 5.32 Å². The number of carbonyl (C=O) groups is 2. The Morgan fingerprint density at radius 3 is 2.31 bits per heavy atom. The Kier molecular flexibility index (Phi) is 4.98. The molecule has 1 heterocycles. The van der Waals surface area contributed by atoms with E-state index in [1.165, 1.54) is 5.56 Å². The number of rotatable bonds is 4. The first-order valence-corrected chi connectivity index (χ1v) is 8.72. The zero-order chi connectivity index (χ0) is 18.8. The Morgan fingerprint density at radius 1 is 1.12 bits per heavy atom. The van der Waals surface area contributed by atoms with Crippen molar-refractivity contribution in [2.24, 2.45) is 5.92 Å². The molecule has 5 nitrogen and oxygen atoms in total. The second kappa shape index (κ2) is 7.20. The van der Waals surface area contributed by atoms with Crippen molar-refractivity contribution in [3.05, 3.63) is 53.1 Å². The van der Waals surface area contributed by atoms with Gasteiger partial charge in [0.1, 0.15) is 5.75 Å². The molecule has 1 N–H and O–H groups in total. The number of nitrogens with one attached hydrogen (secondary N) is 1. The van der Waals surface area contributed by atoms with E-state index in [4.69, 9.17) is 4.74 Å². The fourth-order valence-electron chi connectivity index (χ4n) is 3.50. The molecule has 0 radical (unpaired) electrons. The molecule has 0 aliphatic carbocycles.